The molecule has 1 aliphatic rings. The predicted octanol–water partition coefficient (Wildman–Crippen LogP) is 0.472. The number of hydrogen-bond donors (Lipinski definition) is 1. The van der Waals surface area contributed by atoms with E-state index in [-0.39, 0.29) is 17.5 Å². The Balaban J connectivity index is 2.23. The van der Waals surface area contributed by atoms with E-state index in [1.54, 1.807) is 0 Å². The largest absolute Gasteiger partial charge is 0.356 e. The highest BCUT2D eigenvalue weighted by Crippen LogP contribution is 2.22. The van der Waals surface area contributed by atoms with Crippen molar-refractivity contribution in [2.24, 2.45) is 5.73 Å². The molecule has 0 bridgehead atoms. The SMILES string of the molecule is Cc1cc(CN)cc(N(C)C2CCS(=O)(=O)C2)n1. The van der Waals surface area contributed by atoms with Gasteiger partial charge >= 0.3 is 0 Å². The molecule has 0 aliphatic carbocycles. The lowest BCUT2D eigenvalue weighted by Gasteiger charge is -2.25. The maximum absolute atomic E-state index is 11.5. The number of pyridine rings is 1. The van der Waals surface area contributed by atoms with Crippen molar-refractivity contribution in [1.29, 1.82) is 0 Å². The third kappa shape index (κ3) is 2.81. The molecule has 1 atom stereocenters. The molecule has 0 saturated carbocycles. The Morgan fingerprint density at radius 1 is 1.50 bits per heavy atom. The second-order valence-corrected chi connectivity index (χ2v) is 7.08. The molecule has 0 spiro atoms. The molecule has 2 heterocycles. The fraction of sp³-hybridized carbons (Fsp3) is 0.583. The molecule has 18 heavy (non-hydrogen) atoms. The van der Waals surface area contributed by atoms with Crippen LogP contribution >= 0.6 is 0 Å². The van der Waals surface area contributed by atoms with Crippen LogP contribution in [0.1, 0.15) is 17.7 Å². The number of nitrogens with zero attached hydrogens (tertiary/aromatic N) is 2. The average Bonchev–Trinajstić information content (AvgIpc) is 2.67. The first kappa shape index (κ1) is 13.3. The zero-order chi connectivity index (χ0) is 13.3. The fourth-order valence-electron chi connectivity index (χ4n) is 2.29. The molecule has 1 aliphatic heterocycles. The third-order valence-electron chi connectivity index (χ3n) is 3.35. The van der Waals surface area contributed by atoms with Crippen molar-refractivity contribution in [1.82, 2.24) is 4.98 Å². The minimum Gasteiger partial charge on any atom is -0.356 e. The van der Waals surface area contributed by atoms with Gasteiger partial charge in [-0.05, 0) is 31.0 Å². The smallest absolute Gasteiger partial charge is 0.152 e. The van der Waals surface area contributed by atoms with Gasteiger partial charge in [0.1, 0.15) is 5.82 Å². The van der Waals surface area contributed by atoms with E-state index < -0.39 is 9.84 Å². The number of nitrogens with two attached hydrogens (primary N) is 1. The van der Waals surface area contributed by atoms with E-state index in [9.17, 15) is 8.42 Å². The molecular formula is C12H19N3O2S. The summed E-state index contributed by atoms with van der Waals surface area (Å²) < 4.78 is 23.0. The summed E-state index contributed by atoms with van der Waals surface area (Å²) in [5, 5.41) is 0. The van der Waals surface area contributed by atoms with E-state index >= 15 is 0 Å². The highest BCUT2D eigenvalue weighted by atomic mass is 32.2. The van der Waals surface area contributed by atoms with E-state index in [4.69, 9.17) is 5.73 Å². The van der Waals surface area contributed by atoms with Gasteiger partial charge in [0.05, 0.1) is 11.5 Å². The van der Waals surface area contributed by atoms with Gasteiger partial charge in [0, 0.05) is 25.3 Å². The van der Waals surface area contributed by atoms with Crippen molar-refractivity contribution >= 4 is 15.7 Å². The maximum atomic E-state index is 11.5. The molecule has 0 amide bonds. The molecule has 1 saturated heterocycles. The quantitative estimate of drug-likeness (QED) is 0.863. The van der Waals surface area contributed by atoms with Gasteiger partial charge in [-0.3, -0.25) is 0 Å². The van der Waals surface area contributed by atoms with Crippen LogP contribution in [0.3, 0.4) is 0 Å². The van der Waals surface area contributed by atoms with Crippen LogP contribution in [0.25, 0.3) is 0 Å². The normalized spacial score (nSPS) is 22.1. The number of anilines is 1. The molecule has 100 valence electrons. The number of sulfone groups is 1. The van der Waals surface area contributed by atoms with Gasteiger partial charge in [-0.1, -0.05) is 0 Å². The van der Waals surface area contributed by atoms with Gasteiger partial charge in [0.15, 0.2) is 9.84 Å². The average molecular weight is 269 g/mol. The van der Waals surface area contributed by atoms with Crippen molar-refractivity contribution in [3.8, 4) is 0 Å². The lowest BCUT2D eigenvalue weighted by molar-refractivity contribution is 0.600. The number of rotatable bonds is 3. The van der Waals surface area contributed by atoms with Crippen molar-refractivity contribution in [3.63, 3.8) is 0 Å². The molecule has 0 radical (unpaired) electrons. The number of hydrogen-bond acceptors (Lipinski definition) is 5. The second kappa shape index (κ2) is 4.85. The number of aryl methyl sites for hydroxylation is 1. The Kier molecular flexibility index (Phi) is 3.59. The van der Waals surface area contributed by atoms with E-state index in [1.165, 1.54) is 0 Å². The van der Waals surface area contributed by atoms with E-state index in [1.807, 2.05) is 31.0 Å². The monoisotopic (exact) mass is 269 g/mol. The highest BCUT2D eigenvalue weighted by Gasteiger charge is 2.31. The first-order chi connectivity index (χ1) is 8.41. The van der Waals surface area contributed by atoms with E-state index in [0.29, 0.717) is 13.0 Å². The molecular weight excluding hydrogens is 250 g/mol. The summed E-state index contributed by atoms with van der Waals surface area (Å²) in [4.78, 5) is 6.40. The topological polar surface area (TPSA) is 76.3 Å². The molecule has 2 rings (SSSR count). The summed E-state index contributed by atoms with van der Waals surface area (Å²) in [6.07, 6.45) is 0.673. The summed E-state index contributed by atoms with van der Waals surface area (Å²) in [6, 6.07) is 3.90. The molecule has 0 aromatic carbocycles. The molecule has 2 N–H and O–H groups in total. The Morgan fingerprint density at radius 2 is 2.22 bits per heavy atom. The summed E-state index contributed by atoms with van der Waals surface area (Å²) in [7, 11) is -0.972. The molecule has 1 fully saturated rings. The molecule has 5 nitrogen and oxygen atoms in total. The first-order valence-corrected chi connectivity index (χ1v) is 7.84. The minimum absolute atomic E-state index is 0.0231. The van der Waals surface area contributed by atoms with Gasteiger partial charge in [0.2, 0.25) is 0 Å². The van der Waals surface area contributed by atoms with Crippen molar-refractivity contribution in [3.05, 3.63) is 23.4 Å². The lowest BCUT2D eigenvalue weighted by Crippen LogP contribution is -2.33. The standard InChI is InChI=1S/C12H19N3O2S/c1-9-5-10(7-13)6-12(14-9)15(2)11-3-4-18(16,17)8-11/h5-6,11H,3-4,7-8,13H2,1-2H3. The van der Waals surface area contributed by atoms with Crippen LogP contribution in [-0.4, -0.2) is 38.0 Å². The van der Waals surface area contributed by atoms with Gasteiger partial charge in [-0.15, -0.1) is 0 Å². The van der Waals surface area contributed by atoms with Crippen LogP contribution in [0, 0.1) is 6.92 Å². The van der Waals surface area contributed by atoms with E-state index in [0.717, 1.165) is 17.1 Å². The predicted molar refractivity (Wildman–Crippen MR) is 72.3 cm³/mol. The Bertz CT molecular complexity index is 542. The first-order valence-electron chi connectivity index (χ1n) is 6.02. The Labute approximate surface area is 108 Å². The van der Waals surface area contributed by atoms with Crippen LogP contribution in [0.4, 0.5) is 5.82 Å². The summed E-state index contributed by atoms with van der Waals surface area (Å²) in [6.45, 7) is 2.38. The summed E-state index contributed by atoms with van der Waals surface area (Å²) in [5.41, 5.74) is 7.56. The van der Waals surface area contributed by atoms with Gasteiger partial charge in [-0.2, -0.15) is 0 Å². The summed E-state index contributed by atoms with van der Waals surface area (Å²) in [5.74, 6) is 1.30. The highest BCUT2D eigenvalue weighted by molar-refractivity contribution is 7.91. The number of aromatic nitrogens is 1. The minimum atomic E-state index is -2.87. The van der Waals surface area contributed by atoms with Crippen LogP contribution in [0.5, 0.6) is 0 Å². The zero-order valence-electron chi connectivity index (χ0n) is 10.8. The fourth-order valence-corrected chi connectivity index (χ4v) is 4.06. The van der Waals surface area contributed by atoms with Crippen LogP contribution in [0.2, 0.25) is 0 Å². The molecule has 6 heteroatoms. The Morgan fingerprint density at radius 3 is 2.78 bits per heavy atom. The molecule has 1 aromatic rings. The van der Waals surface area contributed by atoms with Crippen LogP contribution in [-0.2, 0) is 16.4 Å². The van der Waals surface area contributed by atoms with Crippen molar-refractivity contribution in [2.45, 2.75) is 25.9 Å². The van der Waals surface area contributed by atoms with Crippen LogP contribution in [0.15, 0.2) is 12.1 Å². The van der Waals surface area contributed by atoms with Crippen molar-refractivity contribution in [2.75, 3.05) is 23.5 Å². The molecule has 1 unspecified atom stereocenters. The zero-order valence-corrected chi connectivity index (χ0v) is 11.6. The molecule has 1 aromatic heterocycles. The van der Waals surface area contributed by atoms with Gasteiger partial charge in [0.25, 0.3) is 0 Å². The van der Waals surface area contributed by atoms with Gasteiger partial charge in [-0.25, -0.2) is 13.4 Å². The third-order valence-corrected chi connectivity index (χ3v) is 5.10. The van der Waals surface area contributed by atoms with Crippen molar-refractivity contribution < 1.29 is 8.42 Å². The maximum Gasteiger partial charge on any atom is 0.152 e. The van der Waals surface area contributed by atoms with E-state index in [2.05, 4.69) is 4.98 Å². The lowest BCUT2D eigenvalue weighted by atomic mass is 10.2. The second-order valence-electron chi connectivity index (χ2n) is 4.85. The Hall–Kier alpha value is -1.14. The summed E-state index contributed by atoms with van der Waals surface area (Å²) >= 11 is 0. The van der Waals surface area contributed by atoms with Gasteiger partial charge < -0.3 is 10.6 Å². The van der Waals surface area contributed by atoms with Crippen LogP contribution < -0.4 is 10.6 Å².